The summed E-state index contributed by atoms with van der Waals surface area (Å²) in [6.07, 6.45) is 3.94. The lowest BCUT2D eigenvalue weighted by Gasteiger charge is -2.06. The van der Waals surface area contributed by atoms with Crippen molar-refractivity contribution in [3.8, 4) is 5.75 Å². The van der Waals surface area contributed by atoms with Gasteiger partial charge in [-0.1, -0.05) is 41.4 Å². The highest BCUT2D eigenvalue weighted by atomic mass is 35.5. The van der Waals surface area contributed by atoms with E-state index in [9.17, 15) is 14.4 Å². The molecule has 1 aromatic heterocycles. The van der Waals surface area contributed by atoms with Gasteiger partial charge in [-0.3, -0.25) is 25.0 Å². The van der Waals surface area contributed by atoms with Crippen LogP contribution in [0.4, 0.5) is 9.93 Å². The van der Waals surface area contributed by atoms with Crippen LogP contribution < -0.4 is 15.4 Å². The number of amides is 3. The van der Waals surface area contributed by atoms with Gasteiger partial charge in [0.15, 0.2) is 11.7 Å². The maximum atomic E-state index is 12.2. The number of carbonyl (C=O) groups excluding carboxylic acids is 3. The largest absolute Gasteiger partial charge is 0.484 e. The molecular weight excluding hydrogens is 505 g/mol. The summed E-state index contributed by atoms with van der Waals surface area (Å²) in [5.74, 6) is -0.259. The van der Waals surface area contributed by atoms with Crippen LogP contribution in [-0.4, -0.2) is 28.6 Å². The highest BCUT2D eigenvalue weighted by molar-refractivity contribution is 8.18. The number of halogens is 2. The van der Waals surface area contributed by atoms with Crippen molar-refractivity contribution in [3.63, 3.8) is 0 Å². The third-order valence-corrected chi connectivity index (χ3v) is 6.81. The molecule has 2 heterocycles. The maximum absolute atomic E-state index is 12.2. The Morgan fingerprint density at radius 3 is 2.61 bits per heavy atom. The van der Waals surface area contributed by atoms with Gasteiger partial charge in [-0.15, -0.1) is 11.3 Å². The number of thioether (sulfide) groups is 1. The number of imide groups is 1. The minimum atomic E-state index is -0.413. The number of ether oxygens (including phenoxy) is 1. The summed E-state index contributed by atoms with van der Waals surface area (Å²) in [6.45, 7) is -0.186. The second kappa shape index (κ2) is 10.4. The highest BCUT2D eigenvalue weighted by Gasteiger charge is 2.24. The van der Waals surface area contributed by atoms with E-state index in [4.69, 9.17) is 27.9 Å². The van der Waals surface area contributed by atoms with Gasteiger partial charge in [0.05, 0.1) is 15.0 Å². The summed E-state index contributed by atoms with van der Waals surface area (Å²) in [5.41, 5.74) is 1.73. The molecule has 0 bridgehead atoms. The molecule has 168 valence electrons. The fourth-order valence-corrected chi connectivity index (χ4v) is 4.70. The molecule has 1 fully saturated rings. The molecule has 0 unspecified atom stereocenters. The number of carbonyl (C=O) groups is 3. The summed E-state index contributed by atoms with van der Waals surface area (Å²) < 4.78 is 5.51. The standard InChI is InChI=1S/C22H15Cl2N3O4S2/c23-16-6-3-13(8-17(16)24)7-15-10-25-21(32-15)26-19(28)11-31-14-4-1-12(2-5-14)9-18-20(29)27-22(30)33-18/h1-6,8-10H,7,11H2,(H,25,26,28)(H,27,29,30)/b18-9-. The van der Waals surface area contributed by atoms with Gasteiger partial charge in [0.1, 0.15) is 5.75 Å². The van der Waals surface area contributed by atoms with Crippen molar-refractivity contribution in [2.75, 3.05) is 11.9 Å². The number of nitrogens with one attached hydrogen (secondary N) is 2. The number of aromatic nitrogens is 1. The Kier molecular flexibility index (Phi) is 7.34. The van der Waals surface area contributed by atoms with E-state index in [0.29, 0.717) is 32.3 Å². The summed E-state index contributed by atoms with van der Waals surface area (Å²) >= 11 is 14.2. The fourth-order valence-electron chi connectivity index (χ4n) is 2.83. The van der Waals surface area contributed by atoms with Crippen molar-refractivity contribution in [2.45, 2.75) is 6.42 Å². The van der Waals surface area contributed by atoms with Gasteiger partial charge >= 0.3 is 0 Å². The van der Waals surface area contributed by atoms with Crippen molar-refractivity contribution in [3.05, 3.63) is 79.6 Å². The summed E-state index contributed by atoms with van der Waals surface area (Å²) in [7, 11) is 0. The molecule has 7 nitrogen and oxygen atoms in total. The predicted molar refractivity (Wildman–Crippen MR) is 131 cm³/mol. The molecule has 0 atom stereocenters. The zero-order chi connectivity index (χ0) is 23.4. The van der Waals surface area contributed by atoms with Crippen LogP contribution in [0.5, 0.6) is 5.75 Å². The number of rotatable bonds is 7. The number of benzene rings is 2. The lowest BCUT2D eigenvalue weighted by atomic mass is 10.1. The molecule has 11 heteroatoms. The molecule has 0 aliphatic carbocycles. The monoisotopic (exact) mass is 519 g/mol. The van der Waals surface area contributed by atoms with Gasteiger partial charge in [0.2, 0.25) is 0 Å². The van der Waals surface area contributed by atoms with Crippen LogP contribution in [0.15, 0.2) is 53.6 Å². The van der Waals surface area contributed by atoms with Gasteiger partial charge in [-0.2, -0.15) is 0 Å². The molecule has 0 radical (unpaired) electrons. The Bertz CT molecular complexity index is 1260. The Morgan fingerprint density at radius 2 is 1.91 bits per heavy atom. The van der Waals surface area contributed by atoms with E-state index >= 15 is 0 Å². The first-order valence-corrected chi connectivity index (χ1v) is 11.9. The van der Waals surface area contributed by atoms with Crippen LogP contribution in [0.25, 0.3) is 6.08 Å². The lowest BCUT2D eigenvalue weighted by molar-refractivity contribution is -0.118. The molecular formula is C22H15Cl2N3O4S2. The number of anilines is 1. The third-order valence-electron chi connectivity index (χ3n) is 4.35. The highest BCUT2D eigenvalue weighted by Crippen LogP contribution is 2.27. The minimum absolute atomic E-state index is 0.186. The fraction of sp³-hybridized carbons (Fsp3) is 0.0909. The first-order chi connectivity index (χ1) is 15.9. The van der Waals surface area contributed by atoms with E-state index in [1.54, 1.807) is 48.7 Å². The number of thiazole rings is 1. The van der Waals surface area contributed by atoms with E-state index in [-0.39, 0.29) is 17.8 Å². The molecule has 4 rings (SSSR count). The Hall–Kier alpha value is -2.85. The molecule has 2 aromatic carbocycles. The molecule has 3 aromatic rings. The van der Waals surface area contributed by atoms with Gasteiger partial charge in [0, 0.05) is 17.5 Å². The van der Waals surface area contributed by atoms with Crippen molar-refractivity contribution in [1.29, 1.82) is 0 Å². The van der Waals surface area contributed by atoms with E-state index in [2.05, 4.69) is 15.6 Å². The molecule has 0 saturated carbocycles. The van der Waals surface area contributed by atoms with Crippen LogP contribution in [0.1, 0.15) is 16.0 Å². The second-order valence-electron chi connectivity index (χ2n) is 6.82. The van der Waals surface area contributed by atoms with Crippen LogP contribution in [0.2, 0.25) is 10.0 Å². The van der Waals surface area contributed by atoms with E-state index < -0.39 is 5.91 Å². The average Bonchev–Trinajstić information content (AvgIpc) is 3.35. The lowest BCUT2D eigenvalue weighted by Crippen LogP contribution is -2.19. The molecule has 1 aliphatic rings. The zero-order valence-electron chi connectivity index (χ0n) is 16.8. The van der Waals surface area contributed by atoms with Gasteiger partial charge in [-0.05, 0) is 53.2 Å². The van der Waals surface area contributed by atoms with E-state index in [1.807, 2.05) is 6.07 Å². The van der Waals surface area contributed by atoms with Crippen molar-refractivity contribution < 1.29 is 19.1 Å². The molecule has 1 aliphatic heterocycles. The summed E-state index contributed by atoms with van der Waals surface area (Å²) in [6, 6.07) is 12.3. The quantitative estimate of drug-likeness (QED) is 0.406. The molecule has 3 amide bonds. The van der Waals surface area contributed by atoms with Crippen LogP contribution in [-0.2, 0) is 16.0 Å². The topological polar surface area (TPSA) is 97.4 Å². The molecule has 2 N–H and O–H groups in total. The second-order valence-corrected chi connectivity index (χ2v) is 9.76. The molecule has 0 spiro atoms. The summed E-state index contributed by atoms with van der Waals surface area (Å²) in [4.78, 5) is 40.5. The summed E-state index contributed by atoms with van der Waals surface area (Å²) in [5, 5.41) is 6.00. The Labute approximate surface area is 207 Å². The van der Waals surface area contributed by atoms with Crippen molar-refractivity contribution in [2.24, 2.45) is 0 Å². The normalized spacial score (nSPS) is 14.4. The van der Waals surface area contributed by atoms with Gasteiger partial charge in [0.25, 0.3) is 17.1 Å². The van der Waals surface area contributed by atoms with Crippen molar-refractivity contribution >= 4 is 74.6 Å². The average molecular weight is 520 g/mol. The van der Waals surface area contributed by atoms with E-state index in [1.165, 1.54) is 11.3 Å². The predicted octanol–water partition coefficient (Wildman–Crippen LogP) is 5.38. The maximum Gasteiger partial charge on any atom is 0.290 e. The number of nitrogens with zero attached hydrogens (tertiary/aromatic N) is 1. The van der Waals surface area contributed by atoms with Crippen LogP contribution in [0, 0.1) is 0 Å². The first kappa shape index (κ1) is 23.3. The number of hydrogen-bond acceptors (Lipinski definition) is 7. The molecule has 1 saturated heterocycles. The zero-order valence-corrected chi connectivity index (χ0v) is 19.9. The van der Waals surface area contributed by atoms with Gasteiger partial charge < -0.3 is 4.74 Å². The van der Waals surface area contributed by atoms with Crippen molar-refractivity contribution in [1.82, 2.24) is 10.3 Å². The smallest absolute Gasteiger partial charge is 0.290 e. The number of hydrogen-bond donors (Lipinski definition) is 2. The Morgan fingerprint density at radius 1 is 1.12 bits per heavy atom. The minimum Gasteiger partial charge on any atom is -0.484 e. The Balaban J connectivity index is 1.27. The van der Waals surface area contributed by atoms with E-state index in [0.717, 1.165) is 27.8 Å². The molecule has 33 heavy (non-hydrogen) atoms. The SMILES string of the molecule is O=C(COc1ccc(/C=C2\SC(=O)NC2=O)cc1)Nc1ncc(Cc2ccc(Cl)c(Cl)c2)s1. The van der Waals surface area contributed by atoms with Crippen LogP contribution >= 0.6 is 46.3 Å². The first-order valence-electron chi connectivity index (χ1n) is 9.52. The van der Waals surface area contributed by atoms with Gasteiger partial charge in [-0.25, -0.2) is 4.98 Å². The third kappa shape index (κ3) is 6.35. The van der Waals surface area contributed by atoms with Crippen LogP contribution in [0.3, 0.4) is 0 Å².